The minimum atomic E-state index is -0.450. The molecule has 1 aromatic carbocycles. The molecule has 0 radical (unpaired) electrons. The van der Waals surface area contributed by atoms with Crippen LogP contribution in [0.4, 0.5) is 5.69 Å². The molecule has 1 aliphatic rings. The van der Waals surface area contributed by atoms with Crippen LogP contribution in [-0.4, -0.2) is 31.9 Å². The first-order valence-electron chi connectivity index (χ1n) is 7.79. The van der Waals surface area contributed by atoms with Gasteiger partial charge < -0.3 is 15.3 Å². The van der Waals surface area contributed by atoms with Crippen molar-refractivity contribution >= 4 is 35.0 Å². The van der Waals surface area contributed by atoms with Crippen LogP contribution in [-0.2, 0) is 4.79 Å². The number of aromatic hydroxyl groups is 3. The fourth-order valence-corrected chi connectivity index (χ4v) is 2.63. The van der Waals surface area contributed by atoms with Crippen molar-refractivity contribution in [2.24, 2.45) is 11.0 Å². The Morgan fingerprint density at radius 1 is 1.12 bits per heavy atom. The number of benzene rings is 1. The second-order valence-corrected chi connectivity index (χ2v) is 6.44. The Kier molecular flexibility index (Phi) is 4.56. The summed E-state index contributed by atoms with van der Waals surface area (Å²) in [5, 5.41) is 35.0. The van der Waals surface area contributed by atoms with E-state index in [-0.39, 0.29) is 22.8 Å². The third-order valence-electron chi connectivity index (χ3n) is 3.83. The Hall–Kier alpha value is -3.06. The minimum absolute atomic E-state index is 0.0664. The molecule has 3 N–H and O–H groups in total. The summed E-state index contributed by atoms with van der Waals surface area (Å²) in [7, 11) is 0. The van der Waals surface area contributed by atoms with Crippen molar-refractivity contribution < 1.29 is 20.1 Å². The molecule has 0 unspecified atom stereocenters. The van der Waals surface area contributed by atoms with Crippen molar-refractivity contribution in [2.45, 2.75) is 13.8 Å². The van der Waals surface area contributed by atoms with E-state index < -0.39 is 17.4 Å². The molecule has 7 nitrogen and oxygen atoms in total. The quantitative estimate of drug-likeness (QED) is 0.331. The standard InChI is InChI=1S/C18H16ClN3O4/c1-9(2)17-12(5-10-6-14(24)15(25)7-13(10)23)18(26)22(21-17)11-3-4-16(19)20-8-11/h3-9,23-25H,1-2H3. The second-order valence-electron chi connectivity index (χ2n) is 6.05. The number of phenolic OH excluding ortho intramolecular Hbond substituents is 3. The first kappa shape index (κ1) is 17.8. The predicted molar refractivity (Wildman–Crippen MR) is 98.4 cm³/mol. The highest BCUT2D eigenvalue weighted by Crippen LogP contribution is 2.35. The third kappa shape index (κ3) is 3.21. The van der Waals surface area contributed by atoms with E-state index in [9.17, 15) is 20.1 Å². The van der Waals surface area contributed by atoms with E-state index in [2.05, 4.69) is 10.1 Å². The maximum absolute atomic E-state index is 12.9. The lowest BCUT2D eigenvalue weighted by Crippen LogP contribution is -2.21. The summed E-state index contributed by atoms with van der Waals surface area (Å²) >= 11 is 5.78. The van der Waals surface area contributed by atoms with Crippen molar-refractivity contribution in [2.75, 3.05) is 5.01 Å². The molecule has 0 saturated heterocycles. The number of carbonyl (C=O) groups is 1. The molecule has 0 aliphatic carbocycles. The van der Waals surface area contributed by atoms with Crippen LogP contribution in [0.5, 0.6) is 17.2 Å². The minimum Gasteiger partial charge on any atom is -0.507 e. The topological polar surface area (TPSA) is 106 Å². The maximum atomic E-state index is 12.9. The summed E-state index contributed by atoms with van der Waals surface area (Å²) in [5.41, 5.74) is 1.44. The van der Waals surface area contributed by atoms with Gasteiger partial charge in [0.1, 0.15) is 10.9 Å². The molecule has 134 valence electrons. The number of rotatable bonds is 3. The molecule has 0 spiro atoms. The molecule has 26 heavy (non-hydrogen) atoms. The lowest BCUT2D eigenvalue weighted by Gasteiger charge is -2.11. The number of nitrogens with zero attached hydrogens (tertiary/aromatic N) is 3. The average Bonchev–Trinajstić information content (AvgIpc) is 2.90. The molecule has 0 fully saturated rings. The number of anilines is 1. The fraction of sp³-hybridized carbons (Fsp3) is 0.167. The Morgan fingerprint density at radius 3 is 2.42 bits per heavy atom. The lowest BCUT2D eigenvalue weighted by atomic mass is 9.98. The average molecular weight is 374 g/mol. The highest BCUT2D eigenvalue weighted by atomic mass is 35.5. The van der Waals surface area contributed by atoms with Crippen LogP contribution < -0.4 is 5.01 Å². The molecule has 1 aliphatic heterocycles. The SMILES string of the molecule is CC(C)C1=NN(c2ccc(Cl)nc2)C(=O)C1=Cc1cc(O)c(O)cc1O. The molecule has 1 aromatic heterocycles. The van der Waals surface area contributed by atoms with Gasteiger partial charge >= 0.3 is 0 Å². The van der Waals surface area contributed by atoms with Crippen LogP contribution >= 0.6 is 11.6 Å². The number of aromatic nitrogens is 1. The van der Waals surface area contributed by atoms with Gasteiger partial charge in [0.05, 0.1) is 23.2 Å². The number of pyridine rings is 1. The number of phenols is 3. The molecule has 0 bridgehead atoms. The van der Waals surface area contributed by atoms with Crippen LogP contribution in [0, 0.1) is 5.92 Å². The fourth-order valence-electron chi connectivity index (χ4n) is 2.51. The molecule has 8 heteroatoms. The van der Waals surface area contributed by atoms with Crippen LogP contribution in [0.2, 0.25) is 5.15 Å². The van der Waals surface area contributed by atoms with Gasteiger partial charge in [-0.15, -0.1) is 0 Å². The first-order valence-corrected chi connectivity index (χ1v) is 8.17. The predicted octanol–water partition coefficient (Wildman–Crippen LogP) is 3.29. The van der Waals surface area contributed by atoms with Crippen LogP contribution in [0.3, 0.4) is 0 Å². The smallest absolute Gasteiger partial charge is 0.280 e. The Balaban J connectivity index is 2.07. The van der Waals surface area contributed by atoms with E-state index in [1.54, 1.807) is 12.1 Å². The van der Waals surface area contributed by atoms with Gasteiger partial charge in [-0.05, 0) is 30.2 Å². The summed E-state index contributed by atoms with van der Waals surface area (Å²) in [6.45, 7) is 3.77. The Morgan fingerprint density at radius 2 is 1.81 bits per heavy atom. The van der Waals surface area contributed by atoms with E-state index in [1.165, 1.54) is 23.3 Å². The van der Waals surface area contributed by atoms with E-state index in [4.69, 9.17) is 11.6 Å². The summed E-state index contributed by atoms with van der Waals surface area (Å²) in [6.07, 6.45) is 2.87. The monoisotopic (exact) mass is 373 g/mol. The van der Waals surface area contributed by atoms with Gasteiger partial charge in [-0.2, -0.15) is 10.1 Å². The van der Waals surface area contributed by atoms with Gasteiger partial charge in [-0.3, -0.25) is 4.79 Å². The molecule has 2 heterocycles. The molecular weight excluding hydrogens is 358 g/mol. The summed E-state index contributed by atoms with van der Waals surface area (Å²) < 4.78 is 0. The number of hydrogen-bond donors (Lipinski definition) is 3. The Bertz CT molecular complexity index is 936. The number of hydrogen-bond acceptors (Lipinski definition) is 6. The first-order chi connectivity index (χ1) is 12.3. The second kappa shape index (κ2) is 6.68. The van der Waals surface area contributed by atoms with Crippen molar-refractivity contribution in [3.05, 3.63) is 46.8 Å². The highest BCUT2D eigenvalue weighted by molar-refractivity contribution is 6.33. The number of carbonyl (C=O) groups excluding carboxylic acids is 1. The zero-order valence-corrected chi connectivity index (χ0v) is 14.8. The van der Waals surface area contributed by atoms with Gasteiger partial charge in [-0.25, -0.2) is 4.98 Å². The van der Waals surface area contributed by atoms with Gasteiger partial charge in [0, 0.05) is 11.6 Å². The molecule has 2 aromatic rings. The van der Waals surface area contributed by atoms with Crippen molar-refractivity contribution in [3.63, 3.8) is 0 Å². The summed E-state index contributed by atoms with van der Waals surface area (Å²) in [4.78, 5) is 16.8. The molecule has 3 rings (SSSR count). The summed E-state index contributed by atoms with van der Waals surface area (Å²) in [6, 6.07) is 5.37. The van der Waals surface area contributed by atoms with Gasteiger partial charge in [-0.1, -0.05) is 25.4 Å². The van der Waals surface area contributed by atoms with Crippen molar-refractivity contribution in [1.29, 1.82) is 0 Å². The lowest BCUT2D eigenvalue weighted by molar-refractivity contribution is -0.114. The normalized spacial score (nSPS) is 15.8. The van der Waals surface area contributed by atoms with E-state index >= 15 is 0 Å². The number of halogens is 1. The van der Waals surface area contributed by atoms with Crippen LogP contribution in [0.25, 0.3) is 6.08 Å². The molecule has 1 amide bonds. The van der Waals surface area contributed by atoms with E-state index in [1.807, 2.05) is 13.8 Å². The highest BCUT2D eigenvalue weighted by Gasteiger charge is 2.33. The van der Waals surface area contributed by atoms with Gasteiger partial charge in [0.2, 0.25) is 0 Å². The van der Waals surface area contributed by atoms with Crippen molar-refractivity contribution in [3.8, 4) is 17.2 Å². The molecule has 0 atom stereocenters. The Labute approximate surface area is 154 Å². The maximum Gasteiger partial charge on any atom is 0.280 e. The molecule has 0 saturated carbocycles. The van der Waals surface area contributed by atoms with Gasteiger partial charge in [0.15, 0.2) is 11.5 Å². The summed E-state index contributed by atoms with van der Waals surface area (Å²) in [5.74, 6) is -1.58. The van der Waals surface area contributed by atoms with Crippen molar-refractivity contribution in [1.82, 2.24) is 4.98 Å². The third-order valence-corrected chi connectivity index (χ3v) is 4.06. The van der Waals surface area contributed by atoms with E-state index in [0.29, 0.717) is 16.6 Å². The zero-order valence-electron chi connectivity index (χ0n) is 14.0. The zero-order chi connectivity index (χ0) is 19.0. The number of hydrazone groups is 1. The number of amides is 1. The largest absolute Gasteiger partial charge is 0.507 e. The van der Waals surface area contributed by atoms with Gasteiger partial charge in [0.25, 0.3) is 5.91 Å². The van der Waals surface area contributed by atoms with Crippen LogP contribution in [0.15, 0.2) is 41.1 Å². The van der Waals surface area contributed by atoms with E-state index in [0.717, 1.165) is 6.07 Å². The molecular formula is C18H16ClN3O4. The van der Waals surface area contributed by atoms with Crippen LogP contribution in [0.1, 0.15) is 19.4 Å².